The van der Waals surface area contributed by atoms with Gasteiger partial charge in [0.1, 0.15) is 0 Å². The largest absolute Gasteiger partial charge is 0.481 e. The number of carboxylic acids is 1. The van der Waals surface area contributed by atoms with Crippen LogP contribution in [0.15, 0.2) is 78.9 Å². The summed E-state index contributed by atoms with van der Waals surface area (Å²) in [5, 5.41) is 9.00. The molecule has 0 aliphatic carbocycles. The molecular weight excluding hydrogens is 308 g/mol. The van der Waals surface area contributed by atoms with Crippen LogP contribution in [0.3, 0.4) is 0 Å². The van der Waals surface area contributed by atoms with Crippen molar-refractivity contribution in [2.24, 2.45) is 0 Å². The normalized spacial score (nSPS) is 10.6. The van der Waals surface area contributed by atoms with E-state index >= 15 is 0 Å². The molecule has 0 saturated heterocycles. The number of hydrogen-bond donors (Lipinski definition) is 1. The first-order valence-corrected chi connectivity index (χ1v) is 8.61. The maximum absolute atomic E-state index is 11.0. The van der Waals surface area contributed by atoms with Crippen LogP contribution in [0, 0.1) is 0 Å². The number of hydrogen-bond acceptors (Lipinski definition) is 1. The first-order chi connectivity index (χ1) is 12.2. The van der Waals surface area contributed by atoms with E-state index in [2.05, 4.69) is 54.6 Å². The molecule has 0 heterocycles. The molecule has 0 fully saturated rings. The van der Waals surface area contributed by atoms with Gasteiger partial charge >= 0.3 is 5.97 Å². The zero-order valence-electron chi connectivity index (χ0n) is 14.2. The van der Waals surface area contributed by atoms with Gasteiger partial charge in [-0.3, -0.25) is 4.79 Å². The fourth-order valence-corrected chi connectivity index (χ4v) is 3.09. The molecule has 1 N–H and O–H groups in total. The van der Waals surface area contributed by atoms with E-state index in [1.807, 2.05) is 24.3 Å². The van der Waals surface area contributed by atoms with E-state index < -0.39 is 5.97 Å². The molecule has 0 radical (unpaired) electrons. The van der Waals surface area contributed by atoms with E-state index in [0.717, 1.165) is 18.4 Å². The molecule has 0 spiro atoms. The summed E-state index contributed by atoms with van der Waals surface area (Å²) in [6.45, 7) is 0. The van der Waals surface area contributed by atoms with Crippen LogP contribution in [0.1, 0.15) is 34.2 Å². The summed E-state index contributed by atoms with van der Waals surface area (Å²) < 4.78 is 0. The minimum Gasteiger partial charge on any atom is -0.481 e. The Morgan fingerprint density at radius 2 is 1.28 bits per heavy atom. The summed E-state index contributed by atoms with van der Waals surface area (Å²) >= 11 is 0. The summed E-state index contributed by atoms with van der Waals surface area (Å²) in [6, 6.07) is 27.2. The summed E-state index contributed by atoms with van der Waals surface area (Å²) in [6.07, 6.45) is 2.46. The number of aliphatic carboxylic acids is 1. The number of carboxylic acid groups (broad SMARTS) is 1. The lowest BCUT2D eigenvalue weighted by molar-refractivity contribution is -0.136. The maximum Gasteiger partial charge on any atom is 0.303 e. The Bertz CT molecular complexity index is 823. The number of carbonyl (C=O) groups is 1. The lowest BCUT2D eigenvalue weighted by Gasteiger charge is -2.12. The van der Waals surface area contributed by atoms with Gasteiger partial charge in [-0.1, -0.05) is 78.9 Å². The van der Waals surface area contributed by atoms with Crippen molar-refractivity contribution in [3.8, 4) is 0 Å². The molecule has 0 aliphatic rings. The van der Waals surface area contributed by atoms with Gasteiger partial charge in [-0.2, -0.15) is 0 Å². The van der Waals surface area contributed by atoms with Crippen molar-refractivity contribution < 1.29 is 9.90 Å². The highest BCUT2D eigenvalue weighted by atomic mass is 16.4. The van der Waals surface area contributed by atoms with Crippen molar-refractivity contribution in [1.82, 2.24) is 0 Å². The molecule has 2 nitrogen and oxygen atoms in total. The van der Waals surface area contributed by atoms with E-state index in [1.165, 1.54) is 22.3 Å². The van der Waals surface area contributed by atoms with Crippen LogP contribution in [-0.4, -0.2) is 11.1 Å². The monoisotopic (exact) mass is 330 g/mol. The van der Waals surface area contributed by atoms with Crippen molar-refractivity contribution in [2.75, 3.05) is 0 Å². The first kappa shape index (κ1) is 17.0. The van der Waals surface area contributed by atoms with Gasteiger partial charge < -0.3 is 5.11 Å². The van der Waals surface area contributed by atoms with E-state index in [-0.39, 0.29) is 6.42 Å². The van der Waals surface area contributed by atoms with E-state index in [4.69, 9.17) is 5.11 Å². The van der Waals surface area contributed by atoms with Gasteiger partial charge in [-0.15, -0.1) is 0 Å². The number of benzene rings is 3. The molecule has 0 aromatic heterocycles. The Kier molecular flexibility index (Phi) is 5.63. The zero-order valence-corrected chi connectivity index (χ0v) is 14.2. The van der Waals surface area contributed by atoms with Gasteiger partial charge in [-0.05, 0) is 47.1 Å². The Morgan fingerprint density at radius 3 is 1.88 bits per heavy atom. The lowest BCUT2D eigenvalue weighted by atomic mass is 9.93. The molecule has 2 heteroatoms. The molecule has 0 amide bonds. The fraction of sp³-hybridized carbons (Fsp3) is 0.174. The summed E-state index contributed by atoms with van der Waals surface area (Å²) in [5.41, 5.74) is 6.14. The van der Waals surface area contributed by atoms with Crippen LogP contribution in [0.5, 0.6) is 0 Å². The van der Waals surface area contributed by atoms with Crippen molar-refractivity contribution >= 4 is 5.97 Å². The molecule has 0 unspecified atom stereocenters. The third kappa shape index (κ3) is 5.05. The molecule has 25 heavy (non-hydrogen) atoms. The lowest BCUT2D eigenvalue weighted by Crippen LogP contribution is -2.02. The van der Waals surface area contributed by atoms with E-state index in [9.17, 15) is 4.79 Å². The predicted octanol–water partition coefficient (Wildman–Crippen LogP) is 4.89. The van der Waals surface area contributed by atoms with Crippen molar-refractivity contribution in [2.45, 2.75) is 25.7 Å². The van der Waals surface area contributed by atoms with Crippen LogP contribution in [0.4, 0.5) is 0 Å². The Labute approximate surface area is 148 Å². The molecule has 0 atom stereocenters. The Morgan fingerprint density at radius 1 is 0.680 bits per heavy atom. The smallest absolute Gasteiger partial charge is 0.303 e. The van der Waals surface area contributed by atoms with Crippen molar-refractivity contribution in [1.29, 1.82) is 0 Å². The molecule has 0 aliphatic heterocycles. The van der Waals surface area contributed by atoms with Gasteiger partial charge in [0.15, 0.2) is 0 Å². The Balaban J connectivity index is 1.86. The van der Waals surface area contributed by atoms with Gasteiger partial charge in [0, 0.05) is 6.42 Å². The number of rotatable bonds is 7. The standard InChI is InChI=1S/C23H22O2/c24-23(25)14-13-21-12-11-20(15-18-7-3-1-4-8-18)17-22(21)16-19-9-5-2-6-10-19/h1-12,17H,13-16H2,(H,24,25). The SMILES string of the molecule is O=C(O)CCc1ccc(Cc2ccccc2)cc1Cc1ccccc1. The maximum atomic E-state index is 11.0. The number of aryl methyl sites for hydroxylation is 1. The van der Waals surface area contributed by atoms with Crippen LogP contribution >= 0.6 is 0 Å². The molecule has 3 aromatic carbocycles. The molecule has 0 bridgehead atoms. The van der Waals surface area contributed by atoms with Gasteiger partial charge in [-0.25, -0.2) is 0 Å². The highest BCUT2D eigenvalue weighted by Gasteiger charge is 2.08. The summed E-state index contributed by atoms with van der Waals surface area (Å²) in [5.74, 6) is -0.751. The minimum absolute atomic E-state index is 0.166. The summed E-state index contributed by atoms with van der Waals surface area (Å²) in [7, 11) is 0. The minimum atomic E-state index is -0.751. The third-order valence-electron chi connectivity index (χ3n) is 4.37. The second-order valence-electron chi connectivity index (χ2n) is 6.32. The van der Waals surface area contributed by atoms with E-state index in [1.54, 1.807) is 0 Å². The van der Waals surface area contributed by atoms with Gasteiger partial charge in [0.2, 0.25) is 0 Å². The van der Waals surface area contributed by atoms with Crippen molar-refractivity contribution in [3.05, 3.63) is 107 Å². The molecule has 3 aromatic rings. The molecule has 126 valence electrons. The van der Waals surface area contributed by atoms with Crippen LogP contribution in [0.25, 0.3) is 0 Å². The van der Waals surface area contributed by atoms with Crippen molar-refractivity contribution in [3.63, 3.8) is 0 Å². The fourth-order valence-electron chi connectivity index (χ4n) is 3.09. The zero-order chi connectivity index (χ0) is 17.5. The van der Waals surface area contributed by atoms with Gasteiger partial charge in [0.05, 0.1) is 0 Å². The van der Waals surface area contributed by atoms with Crippen LogP contribution in [0.2, 0.25) is 0 Å². The average Bonchev–Trinajstić information content (AvgIpc) is 2.63. The quantitative estimate of drug-likeness (QED) is 0.670. The Hall–Kier alpha value is -2.87. The second kappa shape index (κ2) is 8.29. The first-order valence-electron chi connectivity index (χ1n) is 8.61. The molecular formula is C23H22O2. The highest BCUT2D eigenvalue weighted by Crippen LogP contribution is 2.20. The molecule has 0 saturated carbocycles. The topological polar surface area (TPSA) is 37.3 Å². The summed E-state index contributed by atoms with van der Waals surface area (Å²) in [4.78, 5) is 11.0. The highest BCUT2D eigenvalue weighted by molar-refractivity contribution is 5.67. The average molecular weight is 330 g/mol. The van der Waals surface area contributed by atoms with Crippen LogP contribution < -0.4 is 0 Å². The second-order valence-corrected chi connectivity index (χ2v) is 6.32. The van der Waals surface area contributed by atoms with Crippen LogP contribution in [-0.2, 0) is 24.1 Å². The molecule has 3 rings (SSSR count). The van der Waals surface area contributed by atoms with E-state index in [0.29, 0.717) is 6.42 Å². The third-order valence-corrected chi connectivity index (χ3v) is 4.37. The van der Waals surface area contributed by atoms with Gasteiger partial charge in [0.25, 0.3) is 0 Å². The predicted molar refractivity (Wildman–Crippen MR) is 101 cm³/mol.